The van der Waals surface area contributed by atoms with Crippen LogP contribution in [0.5, 0.6) is 0 Å². The zero-order chi connectivity index (χ0) is 20.3. The lowest BCUT2D eigenvalue weighted by molar-refractivity contribution is -0.137. The number of benzene rings is 2. The molecular formula is C21H22F4N2O. The second kappa shape index (κ2) is 8.31. The molecule has 1 saturated heterocycles. The van der Waals surface area contributed by atoms with Gasteiger partial charge in [-0.3, -0.25) is 9.69 Å². The van der Waals surface area contributed by atoms with Gasteiger partial charge in [0, 0.05) is 32.2 Å². The summed E-state index contributed by atoms with van der Waals surface area (Å²) in [4.78, 5) is 13.5. The fourth-order valence-electron chi connectivity index (χ4n) is 3.38. The molecule has 0 unspecified atom stereocenters. The predicted octanol–water partition coefficient (Wildman–Crippen LogP) is 3.81. The molecule has 3 nitrogen and oxygen atoms in total. The number of amides is 1. The first kappa shape index (κ1) is 20.3. The van der Waals surface area contributed by atoms with Gasteiger partial charge in [-0.05, 0) is 36.1 Å². The Bertz CT molecular complexity index is 845. The molecule has 0 bridgehead atoms. The van der Waals surface area contributed by atoms with Crippen LogP contribution in [0.15, 0.2) is 42.5 Å². The molecular weight excluding hydrogens is 372 g/mol. The average molecular weight is 394 g/mol. The van der Waals surface area contributed by atoms with Gasteiger partial charge in [-0.2, -0.15) is 13.2 Å². The van der Waals surface area contributed by atoms with Crippen LogP contribution < -0.4 is 5.32 Å². The number of rotatable bonds is 6. The second-order valence-corrected chi connectivity index (χ2v) is 7.13. The molecule has 2 aromatic carbocycles. The van der Waals surface area contributed by atoms with Crippen molar-refractivity contribution >= 4 is 5.91 Å². The normalized spacial score (nSPS) is 15.3. The summed E-state index contributed by atoms with van der Waals surface area (Å²) in [5.41, 5.74) is 1.19. The molecule has 150 valence electrons. The Balaban J connectivity index is 1.56. The number of hydrogen-bond acceptors (Lipinski definition) is 2. The molecule has 0 spiro atoms. The maximum Gasteiger partial charge on any atom is 0.416 e. The minimum atomic E-state index is -4.36. The number of carbonyl (C=O) groups is 1. The average Bonchev–Trinajstić information content (AvgIpc) is 2.63. The highest BCUT2D eigenvalue weighted by molar-refractivity contribution is 5.79. The first-order valence-corrected chi connectivity index (χ1v) is 9.13. The van der Waals surface area contributed by atoms with E-state index in [0.717, 1.165) is 17.7 Å². The third-order valence-corrected chi connectivity index (χ3v) is 5.04. The first-order chi connectivity index (χ1) is 13.3. The van der Waals surface area contributed by atoms with Gasteiger partial charge in [-0.15, -0.1) is 0 Å². The number of aryl methyl sites for hydroxylation is 2. The molecule has 0 radical (unpaired) electrons. The minimum Gasteiger partial charge on any atom is -0.359 e. The Labute approximate surface area is 161 Å². The SMILES string of the molecule is CNC(=O)C1CN(Cc2ccc(CCc3cccc(C(F)(F)F)c3)cc2F)C1. The van der Waals surface area contributed by atoms with E-state index in [0.29, 0.717) is 43.6 Å². The van der Waals surface area contributed by atoms with Gasteiger partial charge in [0.05, 0.1) is 11.5 Å². The van der Waals surface area contributed by atoms with Crippen LogP contribution in [0.4, 0.5) is 17.6 Å². The van der Waals surface area contributed by atoms with E-state index in [2.05, 4.69) is 5.32 Å². The molecule has 2 aromatic rings. The highest BCUT2D eigenvalue weighted by atomic mass is 19.4. The topological polar surface area (TPSA) is 32.3 Å². The van der Waals surface area contributed by atoms with Gasteiger partial charge in [0.2, 0.25) is 5.91 Å². The quantitative estimate of drug-likeness (QED) is 0.756. The fourth-order valence-corrected chi connectivity index (χ4v) is 3.38. The minimum absolute atomic E-state index is 0.00154. The van der Waals surface area contributed by atoms with Gasteiger partial charge < -0.3 is 5.32 Å². The van der Waals surface area contributed by atoms with Crippen molar-refractivity contribution in [3.63, 3.8) is 0 Å². The zero-order valence-electron chi connectivity index (χ0n) is 15.5. The van der Waals surface area contributed by atoms with Crippen molar-refractivity contribution in [1.29, 1.82) is 0 Å². The third kappa shape index (κ3) is 4.90. The first-order valence-electron chi connectivity index (χ1n) is 9.13. The Morgan fingerprint density at radius 2 is 1.79 bits per heavy atom. The van der Waals surface area contributed by atoms with Crippen molar-refractivity contribution in [2.75, 3.05) is 20.1 Å². The molecule has 0 saturated carbocycles. The molecule has 1 aliphatic rings. The summed E-state index contributed by atoms with van der Waals surface area (Å²) < 4.78 is 52.7. The van der Waals surface area contributed by atoms with Crippen LogP contribution in [-0.4, -0.2) is 30.9 Å². The third-order valence-electron chi connectivity index (χ3n) is 5.04. The van der Waals surface area contributed by atoms with Crippen LogP contribution in [0.1, 0.15) is 22.3 Å². The largest absolute Gasteiger partial charge is 0.416 e. The summed E-state index contributed by atoms with van der Waals surface area (Å²) in [6.45, 7) is 1.65. The van der Waals surface area contributed by atoms with E-state index in [-0.39, 0.29) is 17.6 Å². The van der Waals surface area contributed by atoms with Gasteiger partial charge in [-0.1, -0.05) is 30.3 Å². The molecule has 0 atom stereocenters. The van der Waals surface area contributed by atoms with E-state index in [1.54, 1.807) is 19.2 Å². The highest BCUT2D eigenvalue weighted by Crippen LogP contribution is 2.30. The summed E-state index contributed by atoms with van der Waals surface area (Å²) in [7, 11) is 1.60. The van der Waals surface area contributed by atoms with E-state index in [1.807, 2.05) is 11.0 Å². The number of nitrogens with zero attached hydrogens (tertiary/aromatic N) is 1. The molecule has 0 aromatic heterocycles. The van der Waals surface area contributed by atoms with Crippen molar-refractivity contribution in [3.8, 4) is 0 Å². The lowest BCUT2D eigenvalue weighted by Gasteiger charge is -2.38. The van der Waals surface area contributed by atoms with E-state index in [1.165, 1.54) is 12.1 Å². The smallest absolute Gasteiger partial charge is 0.359 e. The highest BCUT2D eigenvalue weighted by Gasteiger charge is 2.32. The summed E-state index contributed by atoms with van der Waals surface area (Å²) in [6.07, 6.45) is -3.50. The van der Waals surface area contributed by atoms with E-state index < -0.39 is 11.7 Å². The van der Waals surface area contributed by atoms with E-state index in [9.17, 15) is 22.4 Å². The molecule has 3 rings (SSSR count). The molecule has 7 heteroatoms. The number of nitrogens with one attached hydrogen (secondary N) is 1. The monoisotopic (exact) mass is 394 g/mol. The van der Waals surface area contributed by atoms with Crippen molar-refractivity contribution in [3.05, 3.63) is 70.5 Å². The number of halogens is 4. The van der Waals surface area contributed by atoms with Gasteiger partial charge in [-0.25, -0.2) is 4.39 Å². The predicted molar refractivity (Wildman–Crippen MR) is 98.1 cm³/mol. The van der Waals surface area contributed by atoms with E-state index in [4.69, 9.17) is 0 Å². The molecule has 0 aliphatic carbocycles. The van der Waals surface area contributed by atoms with Crippen LogP contribution in [0.2, 0.25) is 0 Å². The zero-order valence-corrected chi connectivity index (χ0v) is 15.5. The molecule has 1 heterocycles. The Kier molecular flexibility index (Phi) is 6.03. The van der Waals surface area contributed by atoms with Gasteiger partial charge in [0.25, 0.3) is 0 Å². The Hall–Kier alpha value is -2.41. The van der Waals surface area contributed by atoms with Crippen LogP contribution in [-0.2, 0) is 30.4 Å². The van der Waals surface area contributed by atoms with Gasteiger partial charge in [0.15, 0.2) is 0 Å². The lowest BCUT2D eigenvalue weighted by atomic mass is 9.97. The van der Waals surface area contributed by atoms with Gasteiger partial charge >= 0.3 is 6.18 Å². The summed E-state index contributed by atoms with van der Waals surface area (Å²) >= 11 is 0. The number of carbonyl (C=O) groups excluding carboxylic acids is 1. The lowest BCUT2D eigenvalue weighted by Crippen LogP contribution is -2.52. The number of likely N-dealkylation sites (tertiary alicyclic amines) is 1. The Morgan fingerprint density at radius 3 is 2.39 bits per heavy atom. The van der Waals surface area contributed by atoms with Crippen LogP contribution in [0.25, 0.3) is 0 Å². The number of hydrogen-bond donors (Lipinski definition) is 1. The Morgan fingerprint density at radius 1 is 1.11 bits per heavy atom. The van der Waals surface area contributed by atoms with Crippen molar-refractivity contribution < 1.29 is 22.4 Å². The molecule has 28 heavy (non-hydrogen) atoms. The maximum atomic E-state index is 14.4. The van der Waals surface area contributed by atoms with Gasteiger partial charge in [0.1, 0.15) is 5.82 Å². The van der Waals surface area contributed by atoms with Crippen molar-refractivity contribution in [1.82, 2.24) is 10.2 Å². The molecule has 1 fully saturated rings. The van der Waals surface area contributed by atoms with E-state index >= 15 is 0 Å². The summed E-state index contributed by atoms with van der Waals surface area (Å²) in [5, 5.41) is 2.61. The maximum absolute atomic E-state index is 14.4. The summed E-state index contributed by atoms with van der Waals surface area (Å²) in [5.74, 6) is -0.369. The molecule has 1 aliphatic heterocycles. The van der Waals surface area contributed by atoms with Crippen LogP contribution in [0, 0.1) is 11.7 Å². The second-order valence-electron chi connectivity index (χ2n) is 7.13. The molecule has 1 N–H and O–H groups in total. The van der Waals surface area contributed by atoms with Crippen LogP contribution in [0.3, 0.4) is 0 Å². The fraction of sp³-hybridized carbons (Fsp3) is 0.381. The summed E-state index contributed by atoms with van der Waals surface area (Å²) in [6, 6.07) is 10.2. The van der Waals surface area contributed by atoms with Crippen molar-refractivity contribution in [2.24, 2.45) is 5.92 Å². The molecule has 1 amide bonds. The van der Waals surface area contributed by atoms with Crippen LogP contribution >= 0.6 is 0 Å². The number of alkyl halides is 3. The standard InChI is InChI=1S/C21H22F4N2O/c1-26-20(28)17-12-27(13-17)11-16-8-7-15(10-19(16)22)6-5-14-3-2-4-18(9-14)21(23,24)25/h2-4,7-10,17H,5-6,11-13H2,1H3,(H,26,28). The van der Waals surface area contributed by atoms with Crippen molar-refractivity contribution in [2.45, 2.75) is 25.6 Å².